The van der Waals surface area contributed by atoms with E-state index in [4.69, 9.17) is 17.0 Å². The van der Waals surface area contributed by atoms with Gasteiger partial charge in [0.15, 0.2) is 5.11 Å². The molecule has 1 aliphatic rings. The first-order chi connectivity index (χ1) is 12.7. The molecule has 0 amide bonds. The van der Waals surface area contributed by atoms with Crippen LogP contribution in [0.5, 0.6) is 0 Å². The number of thiocarbonyl (C=S) groups is 1. The van der Waals surface area contributed by atoms with Crippen LogP contribution in [0, 0.1) is 0 Å². The Morgan fingerprint density at radius 1 is 1.08 bits per heavy atom. The normalized spacial score (nSPS) is 16.0. The Bertz CT molecular complexity index is 684. The van der Waals surface area contributed by atoms with Crippen LogP contribution in [0.3, 0.4) is 0 Å². The van der Waals surface area contributed by atoms with E-state index in [-0.39, 0.29) is 6.04 Å². The first kappa shape index (κ1) is 18.8. The molecule has 5 heteroatoms. The van der Waals surface area contributed by atoms with Crippen LogP contribution in [0.2, 0.25) is 0 Å². The quantitative estimate of drug-likeness (QED) is 0.682. The van der Waals surface area contributed by atoms with E-state index in [0.29, 0.717) is 5.11 Å². The number of rotatable bonds is 6. The van der Waals surface area contributed by atoms with Crippen LogP contribution in [-0.2, 0) is 11.2 Å². The SMILES string of the molecule is CCc1ccc(NC(=S)N[C@@H](C[NH+]2CCOCC2)c2ccccc2)cc1. The molecule has 1 fully saturated rings. The van der Waals surface area contributed by atoms with Crippen molar-refractivity contribution in [3.63, 3.8) is 0 Å². The standard InChI is InChI=1S/C21H27N3OS/c1-2-17-8-10-19(11-9-17)22-21(26)23-20(18-6-4-3-5-7-18)16-24-12-14-25-15-13-24/h3-11,20H,2,12-16H2,1H3,(H2,22,23,26)/p+1/t20-/m0/s1. The number of hydrogen-bond acceptors (Lipinski definition) is 2. The monoisotopic (exact) mass is 370 g/mol. The second-order valence-electron chi connectivity index (χ2n) is 6.68. The number of anilines is 1. The predicted molar refractivity (Wildman–Crippen MR) is 111 cm³/mol. The minimum atomic E-state index is 0.180. The molecule has 1 saturated heterocycles. The lowest BCUT2D eigenvalue weighted by Gasteiger charge is -2.29. The molecule has 3 rings (SSSR count). The summed E-state index contributed by atoms with van der Waals surface area (Å²) in [5.74, 6) is 0. The van der Waals surface area contributed by atoms with Crippen LogP contribution in [0.25, 0.3) is 0 Å². The maximum absolute atomic E-state index is 5.59. The molecule has 2 aromatic rings. The van der Waals surface area contributed by atoms with Gasteiger partial charge in [0.05, 0.1) is 13.2 Å². The maximum Gasteiger partial charge on any atom is 0.171 e. The third-order valence-corrected chi connectivity index (χ3v) is 5.04. The van der Waals surface area contributed by atoms with Gasteiger partial charge in [-0.15, -0.1) is 0 Å². The van der Waals surface area contributed by atoms with Crippen molar-refractivity contribution in [2.24, 2.45) is 0 Å². The van der Waals surface area contributed by atoms with Crippen LogP contribution in [0.1, 0.15) is 24.1 Å². The molecule has 26 heavy (non-hydrogen) atoms. The highest BCUT2D eigenvalue weighted by atomic mass is 32.1. The van der Waals surface area contributed by atoms with Crippen molar-refractivity contribution in [1.29, 1.82) is 0 Å². The Labute approximate surface area is 161 Å². The van der Waals surface area contributed by atoms with Crippen LogP contribution >= 0.6 is 12.2 Å². The average molecular weight is 371 g/mol. The average Bonchev–Trinajstić information content (AvgIpc) is 2.69. The molecule has 0 aliphatic carbocycles. The van der Waals surface area contributed by atoms with Gasteiger partial charge in [0.1, 0.15) is 25.7 Å². The number of ether oxygens (including phenoxy) is 1. The van der Waals surface area contributed by atoms with Crippen molar-refractivity contribution in [1.82, 2.24) is 5.32 Å². The Morgan fingerprint density at radius 2 is 1.77 bits per heavy atom. The summed E-state index contributed by atoms with van der Waals surface area (Å²) in [6.07, 6.45) is 1.04. The zero-order chi connectivity index (χ0) is 18.2. The highest BCUT2D eigenvalue weighted by Crippen LogP contribution is 2.13. The van der Waals surface area contributed by atoms with Gasteiger partial charge < -0.3 is 20.3 Å². The second-order valence-corrected chi connectivity index (χ2v) is 7.09. The number of quaternary nitrogens is 1. The fourth-order valence-electron chi connectivity index (χ4n) is 3.24. The lowest BCUT2D eigenvalue weighted by Crippen LogP contribution is -3.14. The summed E-state index contributed by atoms with van der Waals surface area (Å²) in [7, 11) is 0. The van der Waals surface area contributed by atoms with Gasteiger partial charge >= 0.3 is 0 Å². The molecular weight excluding hydrogens is 342 g/mol. The third-order valence-electron chi connectivity index (χ3n) is 4.82. The third kappa shape index (κ3) is 5.53. The number of aryl methyl sites for hydroxylation is 1. The maximum atomic E-state index is 5.59. The zero-order valence-corrected chi connectivity index (χ0v) is 16.1. The molecule has 0 bridgehead atoms. The van der Waals surface area contributed by atoms with Gasteiger partial charge in [-0.2, -0.15) is 0 Å². The molecular formula is C21H28N3OS+. The summed E-state index contributed by atoms with van der Waals surface area (Å²) >= 11 is 5.59. The van der Waals surface area contributed by atoms with Crippen molar-refractivity contribution < 1.29 is 9.64 Å². The molecule has 3 N–H and O–H groups in total. The van der Waals surface area contributed by atoms with E-state index in [1.807, 2.05) is 6.07 Å². The number of morpholine rings is 1. The minimum absolute atomic E-state index is 0.180. The van der Waals surface area contributed by atoms with Crippen molar-refractivity contribution in [2.45, 2.75) is 19.4 Å². The van der Waals surface area contributed by atoms with Crippen molar-refractivity contribution in [3.8, 4) is 0 Å². The summed E-state index contributed by atoms with van der Waals surface area (Å²) < 4.78 is 5.49. The predicted octanol–water partition coefficient (Wildman–Crippen LogP) is 2.19. The molecule has 0 saturated carbocycles. The van der Waals surface area contributed by atoms with Gasteiger partial charge in [0.2, 0.25) is 0 Å². The molecule has 0 aromatic heterocycles. The molecule has 0 spiro atoms. The summed E-state index contributed by atoms with van der Waals surface area (Å²) in [5.41, 5.74) is 3.61. The van der Waals surface area contributed by atoms with Gasteiger partial charge in [0.25, 0.3) is 0 Å². The largest absolute Gasteiger partial charge is 0.370 e. The molecule has 1 heterocycles. The topological polar surface area (TPSA) is 37.7 Å². The lowest BCUT2D eigenvalue weighted by atomic mass is 10.1. The summed E-state index contributed by atoms with van der Waals surface area (Å²) in [6.45, 7) is 6.91. The van der Waals surface area contributed by atoms with E-state index in [9.17, 15) is 0 Å². The first-order valence-electron chi connectivity index (χ1n) is 9.37. The molecule has 1 aliphatic heterocycles. The Morgan fingerprint density at radius 3 is 2.42 bits per heavy atom. The fraction of sp³-hybridized carbons (Fsp3) is 0.381. The fourth-order valence-corrected chi connectivity index (χ4v) is 3.50. The van der Waals surface area contributed by atoms with Gasteiger partial charge in [-0.05, 0) is 41.9 Å². The second kappa shape index (κ2) is 9.67. The number of nitrogens with one attached hydrogen (secondary N) is 3. The van der Waals surface area contributed by atoms with Gasteiger partial charge in [-0.3, -0.25) is 0 Å². The van der Waals surface area contributed by atoms with Gasteiger partial charge in [-0.1, -0.05) is 49.4 Å². The summed E-state index contributed by atoms with van der Waals surface area (Å²) in [6, 6.07) is 19.2. The minimum Gasteiger partial charge on any atom is -0.370 e. The molecule has 0 radical (unpaired) electrons. The molecule has 138 valence electrons. The molecule has 1 atom stereocenters. The van der Waals surface area contributed by atoms with Crippen molar-refractivity contribution >= 4 is 23.0 Å². The number of hydrogen-bond donors (Lipinski definition) is 3. The van der Waals surface area contributed by atoms with E-state index in [1.165, 1.54) is 11.1 Å². The highest BCUT2D eigenvalue weighted by Gasteiger charge is 2.22. The van der Waals surface area contributed by atoms with E-state index >= 15 is 0 Å². The summed E-state index contributed by atoms with van der Waals surface area (Å²) in [5, 5.41) is 7.50. The lowest BCUT2D eigenvalue weighted by molar-refractivity contribution is -0.909. The first-order valence-corrected chi connectivity index (χ1v) is 9.78. The van der Waals surface area contributed by atoms with E-state index in [1.54, 1.807) is 4.90 Å². The molecule has 2 aromatic carbocycles. The van der Waals surface area contributed by atoms with Gasteiger partial charge in [0, 0.05) is 5.69 Å². The smallest absolute Gasteiger partial charge is 0.171 e. The highest BCUT2D eigenvalue weighted by molar-refractivity contribution is 7.80. The van der Waals surface area contributed by atoms with E-state index in [2.05, 4.69) is 66.1 Å². The summed E-state index contributed by atoms with van der Waals surface area (Å²) in [4.78, 5) is 1.55. The van der Waals surface area contributed by atoms with Crippen LogP contribution < -0.4 is 15.5 Å². The Balaban J connectivity index is 1.64. The van der Waals surface area contributed by atoms with Crippen molar-refractivity contribution in [3.05, 3.63) is 65.7 Å². The van der Waals surface area contributed by atoms with Crippen LogP contribution in [-0.4, -0.2) is 38.0 Å². The van der Waals surface area contributed by atoms with E-state index in [0.717, 1.165) is 45.0 Å². The number of benzene rings is 2. The molecule has 4 nitrogen and oxygen atoms in total. The Hall–Kier alpha value is -1.95. The zero-order valence-electron chi connectivity index (χ0n) is 15.3. The Kier molecular flexibility index (Phi) is 7.00. The van der Waals surface area contributed by atoms with Crippen LogP contribution in [0.15, 0.2) is 54.6 Å². The van der Waals surface area contributed by atoms with Gasteiger partial charge in [-0.25, -0.2) is 0 Å². The van der Waals surface area contributed by atoms with Crippen molar-refractivity contribution in [2.75, 3.05) is 38.2 Å². The van der Waals surface area contributed by atoms with E-state index < -0.39 is 0 Å². The van der Waals surface area contributed by atoms with Crippen LogP contribution in [0.4, 0.5) is 5.69 Å². The molecule has 0 unspecified atom stereocenters.